The van der Waals surface area contributed by atoms with Crippen molar-refractivity contribution in [2.75, 3.05) is 0 Å². The summed E-state index contributed by atoms with van der Waals surface area (Å²) in [6.07, 6.45) is 7.42. The Balaban J connectivity index is 2.95. The fourth-order valence-electron chi connectivity index (χ4n) is 2.02. The van der Waals surface area contributed by atoms with Crippen molar-refractivity contribution in [3.8, 4) is 11.5 Å². The van der Waals surface area contributed by atoms with Crippen molar-refractivity contribution in [2.24, 2.45) is 5.16 Å². The molecule has 4 nitrogen and oxygen atoms in total. The highest BCUT2D eigenvalue weighted by molar-refractivity contribution is 6.32. The Kier molecular flexibility index (Phi) is 6.99. The maximum atomic E-state index is 10.1. The van der Waals surface area contributed by atoms with Crippen LogP contribution in [0.4, 0.5) is 0 Å². The molecule has 0 unspecified atom stereocenters. The summed E-state index contributed by atoms with van der Waals surface area (Å²) in [7, 11) is 0. The van der Waals surface area contributed by atoms with Crippen molar-refractivity contribution >= 4 is 17.8 Å². The molecule has 0 bridgehead atoms. The van der Waals surface area contributed by atoms with Crippen LogP contribution in [-0.4, -0.2) is 21.6 Å². The summed E-state index contributed by atoms with van der Waals surface area (Å²) in [5.74, 6) is -0.282. The third kappa shape index (κ3) is 5.11. The van der Waals surface area contributed by atoms with Crippen molar-refractivity contribution < 1.29 is 15.4 Å². The summed E-state index contributed by atoms with van der Waals surface area (Å²) in [5.41, 5.74) is 3.03. The van der Waals surface area contributed by atoms with Crippen LogP contribution < -0.4 is 0 Å². The van der Waals surface area contributed by atoms with Crippen LogP contribution in [0.3, 0.4) is 0 Å². The van der Waals surface area contributed by atoms with Gasteiger partial charge in [-0.05, 0) is 46.1 Å². The predicted molar refractivity (Wildman–Crippen MR) is 90.3 cm³/mol. The van der Waals surface area contributed by atoms with Gasteiger partial charge >= 0.3 is 0 Å². The van der Waals surface area contributed by atoms with Gasteiger partial charge in [0, 0.05) is 11.1 Å². The number of allylic oxidation sites excluding steroid dienone is 4. The molecule has 0 atom stereocenters. The monoisotopic (exact) mass is 323 g/mol. The molecule has 0 aliphatic rings. The van der Waals surface area contributed by atoms with E-state index >= 15 is 0 Å². The van der Waals surface area contributed by atoms with Gasteiger partial charge in [0.2, 0.25) is 0 Å². The van der Waals surface area contributed by atoms with Crippen LogP contribution in [0.2, 0.25) is 5.02 Å². The van der Waals surface area contributed by atoms with Crippen LogP contribution >= 0.6 is 11.6 Å². The molecule has 1 aromatic rings. The van der Waals surface area contributed by atoms with E-state index in [-0.39, 0.29) is 22.1 Å². The van der Waals surface area contributed by atoms with E-state index in [0.29, 0.717) is 12.0 Å². The smallest absolute Gasteiger partial charge is 0.141 e. The number of phenols is 2. The summed E-state index contributed by atoms with van der Waals surface area (Å²) in [6.45, 7) is 6.13. The number of hydrogen-bond acceptors (Lipinski definition) is 4. The molecule has 0 saturated carbocycles. The zero-order valence-corrected chi connectivity index (χ0v) is 13.9. The number of phenolic OH excluding ortho intramolecular Hbond substituents is 2. The lowest BCUT2D eigenvalue weighted by Crippen LogP contribution is -1.92. The summed E-state index contributed by atoms with van der Waals surface area (Å²) in [5, 5.41) is 31.7. The first-order valence-corrected chi connectivity index (χ1v) is 7.44. The maximum absolute atomic E-state index is 10.1. The van der Waals surface area contributed by atoms with Crippen LogP contribution in [-0.2, 0) is 6.42 Å². The minimum absolute atomic E-state index is 0.110. The molecule has 5 heteroatoms. The van der Waals surface area contributed by atoms with Crippen molar-refractivity contribution in [1.82, 2.24) is 0 Å². The number of halogens is 1. The van der Waals surface area contributed by atoms with E-state index in [4.69, 9.17) is 16.8 Å². The number of nitrogens with zero attached hydrogens (tertiary/aromatic N) is 1. The standard InChI is InChI=1S/C17H22ClNO3/c1-11(2)5-4-6-12(3)7-8-14-16(20)13(10-19-22)9-15(18)17(14)21/h5,7,9-10,20-22H,4,6,8H2,1-3H3/b12-7+,19-10+. The summed E-state index contributed by atoms with van der Waals surface area (Å²) < 4.78 is 0. The molecule has 0 aromatic heterocycles. The fourth-order valence-corrected chi connectivity index (χ4v) is 2.26. The van der Waals surface area contributed by atoms with Gasteiger partial charge < -0.3 is 15.4 Å². The first-order valence-electron chi connectivity index (χ1n) is 7.06. The highest BCUT2D eigenvalue weighted by atomic mass is 35.5. The van der Waals surface area contributed by atoms with Crippen LogP contribution in [0.15, 0.2) is 34.5 Å². The van der Waals surface area contributed by atoms with E-state index < -0.39 is 0 Å². The second-order valence-corrected chi connectivity index (χ2v) is 5.85. The number of oxime groups is 1. The molecule has 0 spiro atoms. The number of hydrogen-bond donors (Lipinski definition) is 3. The Hall–Kier alpha value is -1.94. The lowest BCUT2D eigenvalue weighted by molar-refractivity contribution is 0.321. The Morgan fingerprint density at radius 2 is 1.86 bits per heavy atom. The normalized spacial score (nSPS) is 11.9. The Morgan fingerprint density at radius 3 is 2.45 bits per heavy atom. The van der Waals surface area contributed by atoms with Gasteiger partial charge in [-0.3, -0.25) is 0 Å². The highest BCUT2D eigenvalue weighted by Crippen LogP contribution is 2.37. The zero-order valence-electron chi connectivity index (χ0n) is 13.1. The van der Waals surface area contributed by atoms with Crippen LogP contribution in [0.5, 0.6) is 11.5 Å². The zero-order chi connectivity index (χ0) is 16.7. The average molecular weight is 324 g/mol. The van der Waals surface area contributed by atoms with Gasteiger partial charge in [-0.15, -0.1) is 0 Å². The average Bonchev–Trinajstić information content (AvgIpc) is 2.44. The molecule has 0 amide bonds. The van der Waals surface area contributed by atoms with E-state index in [1.54, 1.807) is 0 Å². The third-order valence-corrected chi connectivity index (χ3v) is 3.58. The van der Waals surface area contributed by atoms with Gasteiger partial charge in [0.05, 0.1) is 11.2 Å². The first kappa shape index (κ1) is 18.1. The van der Waals surface area contributed by atoms with Gasteiger partial charge in [-0.25, -0.2) is 0 Å². The number of benzene rings is 1. The maximum Gasteiger partial charge on any atom is 0.141 e. The van der Waals surface area contributed by atoms with Gasteiger partial charge in [0.25, 0.3) is 0 Å². The predicted octanol–water partition coefficient (Wildman–Crippen LogP) is 4.79. The van der Waals surface area contributed by atoms with Crippen LogP contribution in [0, 0.1) is 0 Å². The molecule has 0 fully saturated rings. The molecule has 0 radical (unpaired) electrons. The minimum Gasteiger partial charge on any atom is -0.507 e. The first-order chi connectivity index (χ1) is 10.4. The SMILES string of the molecule is CC(C)=CCC/C(C)=C/Cc1c(O)c(Cl)cc(/C=N/O)c1O. The lowest BCUT2D eigenvalue weighted by Gasteiger charge is -2.10. The number of aromatic hydroxyl groups is 2. The molecule has 1 aromatic carbocycles. The third-order valence-electron chi connectivity index (χ3n) is 3.30. The molecular formula is C17H22ClNO3. The molecule has 3 N–H and O–H groups in total. The fraction of sp³-hybridized carbons (Fsp3) is 0.353. The molecular weight excluding hydrogens is 302 g/mol. The van der Waals surface area contributed by atoms with E-state index in [1.807, 2.05) is 13.0 Å². The van der Waals surface area contributed by atoms with E-state index in [1.165, 1.54) is 11.6 Å². The molecule has 0 saturated heterocycles. The van der Waals surface area contributed by atoms with Gasteiger partial charge in [-0.2, -0.15) is 0 Å². The van der Waals surface area contributed by atoms with Crippen LogP contribution in [0.1, 0.15) is 44.7 Å². The summed E-state index contributed by atoms with van der Waals surface area (Å²) in [6, 6.07) is 1.35. The van der Waals surface area contributed by atoms with Gasteiger partial charge in [0.15, 0.2) is 0 Å². The largest absolute Gasteiger partial charge is 0.507 e. The molecule has 1 rings (SSSR count). The van der Waals surface area contributed by atoms with Crippen molar-refractivity contribution in [2.45, 2.75) is 40.0 Å². The van der Waals surface area contributed by atoms with Crippen molar-refractivity contribution in [1.29, 1.82) is 0 Å². The molecule has 0 aliphatic carbocycles. The summed E-state index contributed by atoms with van der Waals surface area (Å²) in [4.78, 5) is 0. The quantitative estimate of drug-likeness (QED) is 0.305. The van der Waals surface area contributed by atoms with Crippen LogP contribution in [0.25, 0.3) is 0 Å². The van der Waals surface area contributed by atoms with E-state index in [0.717, 1.165) is 24.6 Å². The number of rotatable bonds is 6. The lowest BCUT2D eigenvalue weighted by atomic mass is 10.0. The van der Waals surface area contributed by atoms with E-state index in [2.05, 4.69) is 25.1 Å². The molecule has 0 heterocycles. The van der Waals surface area contributed by atoms with Gasteiger partial charge in [0.1, 0.15) is 11.5 Å². The second kappa shape index (κ2) is 8.49. The Bertz CT molecular complexity index is 615. The minimum atomic E-state index is -0.150. The summed E-state index contributed by atoms with van der Waals surface area (Å²) >= 11 is 5.93. The Labute approximate surface area is 136 Å². The second-order valence-electron chi connectivity index (χ2n) is 5.44. The van der Waals surface area contributed by atoms with Crippen molar-refractivity contribution in [3.63, 3.8) is 0 Å². The van der Waals surface area contributed by atoms with Gasteiger partial charge in [-0.1, -0.05) is 40.1 Å². The molecule has 120 valence electrons. The van der Waals surface area contributed by atoms with E-state index in [9.17, 15) is 10.2 Å². The Morgan fingerprint density at radius 1 is 1.18 bits per heavy atom. The highest BCUT2D eigenvalue weighted by Gasteiger charge is 2.14. The molecule has 22 heavy (non-hydrogen) atoms. The topological polar surface area (TPSA) is 73.1 Å². The molecule has 0 aliphatic heterocycles. The van der Waals surface area contributed by atoms with Crippen molar-refractivity contribution in [3.05, 3.63) is 45.5 Å².